The van der Waals surface area contributed by atoms with E-state index in [1.165, 1.54) is 21.6 Å². The van der Waals surface area contributed by atoms with E-state index in [-0.39, 0.29) is 10.3 Å². The van der Waals surface area contributed by atoms with Crippen molar-refractivity contribution in [3.05, 3.63) is 120 Å². The summed E-state index contributed by atoms with van der Waals surface area (Å²) in [6, 6.07) is 34.7. The largest absolute Gasteiger partial charge is 0.379 e. The van der Waals surface area contributed by atoms with Gasteiger partial charge in [0.2, 0.25) is 0 Å². The Kier molecular flexibility index (Phi) is 8.59. The van der Waals surface area contributed by atoms with Crippen LogP contribution in [0, 0.1) is 6.92 Å². The summed E-state index contributed by atoms with van der Waals surface area (Å²) >= 11 is 1.28. The van der Waals surface area contributed by atoms with E-state index < -0.39 is 10.1 Å². The molecule has 0 aliphatic heterocycles. The highest BCUT2D eigenvalue weighted by molar-refractivity contribution is 7.87. The Morgan fingerprint density at radius 3 is 1.56 bits per heavy atom. The monoisotopic (exact) mass is 491 g/mol. The van der Waals surface area contributed by atoms with E-state index in [9.17, 15) is 8.42 Å². The summed E-state index contributed by atoms with van der Waals surface area (Å²) in [5.41, 5.74) is 2.15. The van der Waals surface area contributed by atoms with Gasteiger partial charge in [-0.2, -0.15) is 8.42 Å². The van der Waals surface area contributed by atoms with Crippen LogP contribution in [0.4, 0.5) is 0 Å². The molecule has 0 bridgehead atoms. The number of rotatable bonds is 5. The molecule has 0 aliphatic rings. The highest BCUT2D eigenvalue weighted by Gasteiger charge is 2.18. The quantitative estimate of drug-likeness (QED) is 0.172. The maximum absolute atomic E-state index is 12.2. The minimum Gasteiger partial charge on any atom is -0.379 e. The molecule has 0 spiro atoms. The fourth-order valence-corrected chi connectivity index (χ4v) is 4.92. The fourth-order valence-electron chi connectivity index (χ4n) is 3.04. The molecule has 0 unspecified atom stereocenters. The Bertz CT molecular complexity index is 1220. The molecular weight excluding hydrogens is 460 g/mol. The topological polar surface area (TPSA) is 43.4 Å². The molecule has 4 rings (SSSR count). The predicted molar refractivity (Wildman–Crippen MR) is 142 cm³/mol. The van der Waals surface area contributed by atoms with Gasteiger partial charge in [0.1, 0.15) is 10.6 Å². The average molecular weight is 492 g/mol. The lowest BCUT2D eigenvalue weighted by Gasteiger charge is -2.19. The minimum absolute atomic E-state index is 0.0222. The van der Waals surface area contributed by atoms with Crippen LogP contribution in [-0.4, -0.2) is 8.42 Å². The summed E-state index contributed by atoms with van der Waals surface area (Å²) in [6.07, 6.45) is 0. The van der Waals surface area contributed by atoms with Crippen LogP contribution < -0.4 is 4.18 Å². The first kappa shape index (κ1) is 25.6. The van der Waals surface area contributed by atoms with Crippen molar-refractivity contribution in [3.8, 4) is 5.75 Å². The van der Waals surface area contributed by atoms with Gasteiger partial charge in [-0.05, 0) is 66.4 Å². The van der Waals surface area contributed by atoms with Gasteiger partial charge in [-0.15, -0.1) is 0 Å². The van der Waals surface area contributed by atoms with Gasteiger partial charge in [-0.1, -0.05) is 87.0 Å². The SMILES string of the molecule is Cc1ccc(S(=O)(=O)Oc2ccc(C(C)(C)C)cc2)cc1.c1ccc([SH+]c2ccccc2)cc1. The van der Waals surface area contributed by atoms with Gasteiger partial charge in [0.25, 0.3) is 0 Å². The van der Waals surface area contributed by atoms with Gasteiger partial charge < -0.3 is 4.18 Å². The third-order valence-corrected chi connectivity index (χ3v) is 7.38. The number of hydrogen-bond donors (Lipinski definition) is 0. The van der Waals surface area contributed by atoms with E-state index in [0.29, 0.717) is 5.75 Å². The summed E-state index contributed by atoms with van der Waals surface area (Å²) in [7, 11) is -3.78. The Balaban J connectivity index is 0.000000212. The molecule has 0 radical (unpaired) electrons. The van der Waals surface area contributed by atoms with Gasteiger partial charge in [-0.25, -0.2) is 0 Å². The van der Waals surface area contributed by atoms with Crippen molar-refractivity contribution in [2.24, 2.45) is 0 Å². The molecule has 0 amide bonds. The highest BCUT2D eigenvalue weighted by Crippen LogP contribution is 2.26. The summed E-state index contributed by atoms with van der Waals surface area (Å²) in [4.78, 5) is 2.84. The summed E-state index contributed by atoms with van der Waals surface area (Å²) < 4.78 is 29.5. The van der Waals surface area contributed by atoms with Gasteiger partial charge in [0.05, 0.1) is 0 Å². The van der Waals surface area contributed by atoms with Crippen molar-refractivity contribution in [3.63, 3.8) is 0 Å². The molecule has 0 saturated carbocycles. The van der Waals surface area contributed by atoms with Gasteiger partial charge in [0, 0.05) is 11.8 Å². The Morgan fingerprint density at radius 1 is 0.647 bits per heavy atom. The molecule has 0 N–H and O–H groups in total. The van der Waals surface area contributed by atoms with Crippen LogP contribution in [0.3, 0.4) is 0 Å². The average Bonchev–Trinajstić information content (AvgIpc) is 2.81. The van der Waals surface area contributed by atoms with E-state index >= 15 is 0 Å². The number of hydrogen-bond acceptors (Lipinski definition) is 3. The second-order valence-corrected chi connectivity index (χ2v) is 11.7. The molecule has 0 atom stereocenters. The lowest BCUT2D eigenvalue weighted by molar-refractivity contribution is 0.485. The molecule has 0 aliphatic carbocycles. The number of aryl methyl sites for hydroxylation is 1. The Hall–Kier alpha value is -3.02. The molecule has 0 aromatic heterocycles. The van der Waals surface area contributed by atoms with Gasteiger partial charge in [0.15, 0.2) is 9.79 Å². The normalized spacial score (nSPS) is 11.3. The first-order valence-electron chi connectivity index (χ1n) is 11.1. The Morgan fingerprint density at radius 2 is 1.12 bits per heavy atom. The lowest BCUT2D eigenvalue weighted by atomic mass is 9.87. The maximum Gasteiger partial charge on any atom is 0.339 e. The van der Waals surface area contributed by atoms with Crippen LogP contribution in [0.2, 0.25) is 0 Å². The third-order valence-electron chi connectivity index (χ3n) is 5.01. The number of thiol groups is 1. The molecular formula is C29H31O3S2+. The van der Waals surface area contributed by atoms with Crippen LogP contribution in [0.5, 0.6) is 5.75 Å². The molecule has 34 heavy (non-hydrogen) atoms. The summed E-state index contributed by atoms with van der Waals surface area (Å²) in [6.45, 7) is 8.21. The first-order chi connectivity index (χ1) is 16.1. The van der Waals surface area contributed by atoms with Crippen LogP contribution in [-0.2, 0) is 27.3 Å². The van der Waals surface area contributed by atoms with Crippen molar-refractivity contribution in [1.29, 1.82) is 0 Å². The van der Waals surface area contributed by atoms with E-state index in [2.05, 4.69) is 69.3 Å². The molecule has 3 nitrogen and oxygen atoms in total. The van der Waals surface area contributed by atoms with E-state index in [1.54, 1.807) is 36.4 Å². The van der Waals surface area contributed by atoms with Gasteiger partial charge in [-0.3, -0.25) is 0 Å². The van der Waals surface area contributed by atoms with E-state index in [1.807, 2.05) is 31.2 Å². The molecule has 5 heteroatoms. The molecule has 0 fully saturated rings. The van der Waals surface area contributed by atoms with Crippen molar-refractivity contribution >= 4 is 21.9 Å². The second kappa shape index (κ2) is 11.4. The zero-order valence-corrected chi connectivity index (χ0v) is 21.7. The molecule has 0 heterocycles. The first-order valence-corrected chi connectivity index (χ1v) is 13.4. The maximum atomic E-state index is 12.2. The molecule has 176 valence electrons. The Labute approximate surface area is 208 Å². The molecule has 4 aromatic carbocycles. The molecule has 0 saturated heterocycles. The van der Waals surface area contributed by atoms with E-state index in [4.69, 9.17) is 4.18 Å². The van der Waals surface area contributed by atoms with Crippen molar-refractivity contribution in [2.45, 2.75) is 47.8 Å². The summed E-state index contributed by atoms with van der Waals surface area (Å²) in [5.74, 6) is 0.323. The zero-order chi connectivity index (χ0) is 24.6. The predicted octanol–water partition coefficient (Wildman–Crippen LogP) is 6.98. The van der Waals surface area contributed by atoms with Crippen LogP contribution in [0.1, 0.15) is 31.9 Å². The third kappa shape index (κ3) is 7.79. The van der Waals surface area contributed by atoms with Crippen molar-refractivity contribution in [1.82, 2.24) is 0 Å². The van der Waals surface area contributed by atoms with Crippen LogP contribution in [0.25, 0.3) is 0 Å². The smallest absolute Gasteiger partial charge is 0.339 e. The second-order valence-electron chi connectivity index (χ2n) is 8.91. The van der Waals surface area contributed by atoms with Crippen LogP contribution >= 0.6 is 0 Å². The van der Waals surface area contributed by atoms with E-state index in [0.717, 1.165) is 11.1 Å². The fraction of sp³-hybridized carbons (Fsp3) is 0.172. The van der Waals surface area contributed by atoms with Crippen molar-refractivity contribution in [2.75, 3.05) is 0 Å². The standard InChI is InChI=1S/C17H20O3S.C12H10S/c1-13-5-11-16(12-6-13)21(18,19)20-15-9-7-14(8-10-15)17(2,3)4;1-3-7-11(8-4-1)13-12-9-5-2-6-10-12/h5-12H,1-4H3;1-10H/p+1. The minimum atomic E-state index is -3.78. The summed E-state index contributed by atoms with van der Waals surface area (Å²) in [5, 5.41) is 0. The number of benzene rings is 4. The zero-order valence-electron chi connectivity index (χ0n) is 20.0. The van der Waals surface area contributed by atoms with Crippen LogP contribution in [0.15, 0.2) is 124 Å². The molecule has 4 aromatic rings. The highest BCUT2D eigenvalue weighted by atomic mass is 32.2. The van der Waals surface area contributed by atoms with Gasteiger partial charge >= 0.3 is 10.1 Å². The lowest BCUT2D eigenvalue weighted by Crippen LogP contribution is -2.12. The van der Waals surface area contributed by atoms with Crippen molar-refractivity contribution < 1.29 is 12.6 Å².